The van der Waals surface area contributed by atoms with Crippen molar-refractivity contribution in [1.82, 2.24) is 0 Å². The Morgan fingerprint density at radius 3 is 2.64 bits per heavy atom. The van der Waals surface area contributed by atoms with Gasteiger partial charge >= 0.3 is 0 Å². The maximum Gasteiger partial charge on any atom is 0.129 e. The molecular formula is C12H15FO. The second-order valence-corrected chi connectivity index (χ2v) is 3.24. The number of aliphatic hydroxyl groups is 1. The summed E-state index contributed by atoms with van der Waals surface area (Å²) in [6.07, 6.45) is 1.66. The highest BCUT2D eigenvalue weighted by Gasteiger charge is 2.08. The van der Waals surface area contributed by atoms with Gasteiger partial charge in [0.05, 0.1) is 0 Å². The molecule has 1 aromatic carbocycles. The van der Waals surface area contributed by atoms with Crippen LogP contribution in [0.3, 0.4) is 0 Å². The van der Waals surface area contributed by atoms with Crippen molar-refractivity contribution in [2.75, 3.05) is 0 Å². The molecule has 1 aromatic rings. The van der Waals surface area contributed by atoms with Crippen molar-refractivity contribution in [3.8, 4) is 0 Å². The second kappa shape index (κ2) is 5.55. The predicted octanol–water partition coefficient (Wildman–Crippen LogP) is 3.16. The zero-order valence-corrected chi connectivity index (χ0v) is 8.28. The van der Waals surface area contributed by atoms with Crippen LogP contribution in [0, 0.1) is 0 Å². The Balaban J connectivity index is 2.68. The summed E-state index contributed by atoms with van der Waals surface area (Å²) in [5, 5.41) is 9.34. The number of hydrogen-bond acceptors (Lipinski definition) is 1. The minimum Gasteiger partial charge on any atom is -0.386 e. The molecule has 14 heavy (non-hydrogen) atoms. The summed E-state index contributed by atoms with van der Waals surface area (Å²) in [7, 11) is 0. The summed E-state index contributed by atoms with van der Waals surface area (Å²) < 4.78 is 13.3. The first-order valence-corrected chi connectivity index (χ1v) is 4.84. The summed E-state index contributed by atoms with van der Waals surface area (Å²) >= 11 is 0. The van der Waals surface area contributed by atoms with Crippen molar-refractivity contribution in [2.24, 2.45) is 0 Å². The lowest BCUT2D eigenvalue weighted by molar-refractivity contribution is 0.173. The standard InChI is InChI=1S/C12H15FO/c1-2-6-12(14)11(13)9-10-7-4-3-5-8-10/h3-5,7-9,12,14H,2,6H2,1H3/b11-9-. The van der Waals surface area contributed by atoms with Crippen molar-refractivity contribution in [2.45, 2.75) is 25.9 Å². The van der Waals surface area contributed by atoms with Gasteiger partial charge in [0.1, 0.15) is 11.9 Å². The molecule has 76 valence electrons. The quantitative estimate of drug-likeness (QED) is 0.780. The maximum absolute atomic E-state index is 13.3. The van der Waals surface area contributed by atoms with Gasteiger partial charge in [0.25, 0.3) is 0 Å². The van der Waals surface area contributed by atoms with Crippen LogP contribution in [0.2, 0.25) is 0 Å². The lowest BCUT2D eigenvalue weighted by Gasteiger charge is -2.05. The van der Waals surface area contributed by atoms with Crippen LogP contribution >= 0.6 is 0 Å². The molecule has 1 atom stereocenters. The van der Waals surface area contributed by atoms with Gasteiger partial charge in [-0.25, -0.2) is 4.39 Å². The van der Waals surface area contributed by atoms with Crippen molar-refractivity contribution >= 4 is 6.08 Å². The third kappa shape index (κ3) is 3.30. The lowest BCUT2D eigenvalue weighted by atomic mass is 10.1. The molecule has 0 heterocycles. The van der Waals surface area contributed by atoms with Gasteiger partial charge < -0.3 is 5.11 Å². The van der Waals surface area contributed by atoms with Crippen LogP contribution in [0.5, 0.6) is 0 Å². The Bertz CT molecular complexity index is 292. The highest BCUT2D eigenvalue weighted by molar-refractivity contribution is 5.51. The van der Waals surface area contributed by atoms with Gasteiger partial charge in [0.15, 0.2) is 0 Å². The second-order valence-electron chi connectivity index (χ2n) is 3.24. The van der Waals surface area contributed by atoms with E-state index in [9.17, 15) is 9.50 Å². The van der Waals surface area contributed by atoms with Gasteiger partial charge in [-0.1, -0.05) is 43.7 Å². The van der Waals surface area contributed by atoms with Crippen LogP contribution < -0.4 is 0 Å². The molecule has 0 aliphatic rings. The van der Waals surface area contributed by atoms with E-state index in [1.807, 2.05) is 25.1 Å². The first kappa shape index (κ1) is 10.9. The largest absolute Gasteiger partial charge is 0.386 e. The normalized spacial score (nSPS) is 14.1. The summed E-state index contributed by atoms with van der Waals surface area (Å²) in [6.45, 7) is 1.92. The molecule has 1 nitrogen and oxygen atoms in total. The molecule has 1 rings (SSSR count). The molecule has 0 spiro atoms. The van der Waals surface area contributed by atoms with E-state index in [-0.39, 0.29) is 0 Å². The first-order chi connectivity index (χ1) is 6.74. The zero-order valence-electron chi connectivity index (χ0n) is 8.28. The SMILES string of the molecule is CCCC(O)/C(F)=C/c1ccccc1. The number of aliphatic hydroxyl groups excluding tert-OH is 1. The van der Waals surface area contributed by atoms with E-state index in [1.165, 1.54) is 6.08 Å². The van der Waals surface area contributed by atoms with E-state index in [0.717, 1.165) is 12.0 Å². The topological polar surface area (TPSA) is 20.2 Å². The molecule has 0 saturated heterocycles. The van der Waals surface area contributed by atoms with Crippen molar-refractivity contribution in [3.05, 3.63) is 41.7 Å². The van der Waals surface area contributed by atoms with Crippen LogP contribution in [0.4, 0.5) is 4.39 Å². The smallest absolute Gasteiger partial charge is 0.129 e. The highest BCUT2D eigenvalue weighted by Crippen LogP contribution is 2.14. The average molecular weight is 194 g/mol. The fraction of sp³-hybridized carbons (Fsp3) is 0.333. The van der Waals surface area contributed by atoms with Crippen LogP contribution in [0.25, 0.3) is 6.08 Å². The molecule has 0 aromatic heterocycles. The summed E-state index contributed by atoms with van der Waals surface area (Å²) in [6, 6.07) is 9.16. The third-order valence-electron chi connectivity index (χ3n) is 1.98. The van der Waals surface area contributed by atoms with E-state index >= 15 is 0 Å². The van der Waals surface area contributed by atoms with Crippen LogP contribution in [0.1, 0.15) is 25.3 Å². The van der Waals surface area contributed by atoms with Gasteiger partial charge in [0.2, 0.25) is 0 Å². The minimum atomic E-state index is -0.958. The monoisotopic (exact) mass is 194 g/mol. The molecule has 0 amide bonds. The third-order valence-corrected chi connectivity index (χ3v) is 1.98. The zero-order chi connectivity index (χ0) is 10.4. The van der Waals surface area contributed by atoms with Crippen molar-refractivity contribution in [3.63, 3.8) is 0 Å². The molecule has 0 bridgehead atoms. The lowest BCUT2D eigenvalue weighted by Crippen LogP contribution is -2.05. The van der Waals surface area contributed by atoms with Crippen LogP contribution in [0.15, 0.2) is 36.2 Å². The number of benzene rings is 1. The molecule has 0 saturated carbocycles. The molecule has 0 fully saturated rings. The van der Waals surface area contributed by atoms with E-state index in [0.29, 0.717) is 6.42 Å². The Labute approximate surface area is 83.9 Å². The predicted molar refractivity (Wildman–Crippen MR) is 56.4 cm³/mol. The number of rotatable bonds is 4. The Kier molecular flexibility index (Phi) is 4.33. The van der Waals surface area contributed by atoms with E-state index in [2.05, 4.69) is 0 Å². The average Bonchev–Trinajstić information content (AvgIpc) is 2.19. The molecule has 1 unspecified atom stereocenters. The molecule has 0 radical (unpaired) electrons. The van der Waals surface area contributed by atoms with Gasteiger partial charge in [-0.05, 0) is 18.1 Å². The molecule has 0 aliphatic carbocycles. The van der Waals surface area contributed by atoms with E-state index in [1.54, 1.807) is 12.1 Å². The molecule has 0 aliphatic heterocycles. The fourth-order valence-electron chi connectivity index (χ4n) is 1.22. The Morgan fingerprint density at radius 1 is 1.43 bits per heavy atom. The first-order valence-electron chi connectivity index (χ1n) is 4.84. The number of hydrogen-bond donors (Lipinski definition) is 1. The van der Waals surface area contributed by atoms with Gasteiger partial charge in [-0.15, -0.1) is 0 Å². The Morgan fingerprint density at radius 2 is 2.07 bits per heavy atom. The van der Waals surface area contributed by atoms with Crippen molar-refractivity contribution in [1.29, 1.82) is 0 Å². The maximum atomic E-state index is 13.3. The summed E-state index contributed by atoms with van der Waals surface area (Å²) in [4.78, 5) is 0. The van der Waals surface area contributed by atoms with Gasteiger partial charge in [0, 0.05) is 0 Å². The molecule has 2 heteroatoms. The van der Waals surface area contributed by atoms with Gasteiger partial charge in [-0.2, -0.15) is 0 Å². The molecular weight excluding hydrogens is 179 g/mol. The molecule has 1 N–H and O–H groups in total. The fourth-order valence-corrected chi connectivity index (χ4v) is 1.22. The van der Waals surface area contributed by atoms with E-state index < -0.39 is 11.9 Å². The number of halogens is 1. The summed E-state index contributed by atoms with van der Waals surface area (Å²) in [5.74, 6) is -0.460. The van der Waals surface area contributed by atoms with Gasteiger partial charge in [-0.3, -0.25) is 0 Å². The highest BCUT2D eigenvalue weighted by atomic mass is 19.1. The van der Waals surface area contributed by atoms with Crippen LogP contribution in [-0.4, -0.2) is 11.2 Å². The Hall–Kier alpha value is -1.15. The van der Waals surface area contributed by atoms with Crippen LogP contribution in [-0.2, 0) is 0 Å². The van der Waals surface area contributed by atoms with Crippen molar-refractivity contribution < 1.29 is 9.50 Å². The van der Waals surface area contributed by atoms with E-state index in [4.69, 9.17) is 0 Å². The minimum absolute atomic E-state index is 0.460. The summed E-state index contributed by atoms with van der Waals surface area (Å²) in [5.41, 5.74) is 0.778.